The van der Waals surface area contributed by atoms with Gasteiger partial charge in [-0.1, -0.05) is 13.8 Å². The molecule has 0 fully saturated rings. The predicted octanol–water partition coefficient (Wildman–Crippen LogP) is 5.81. The topological polar surface area (TPSA) is 97.6 Å². The van der Waals surface area contributed by atoms with Crippen LogP contribution < -0.4 is 0 Å². The molecule has 0 aliphatic carbocycles. The normalized spacial score (nSPS) is 11.8. The number of pyridine rings is 1. The van der Waals surface area contributed by atoms with Crippen molar-refractivity contribution < 1.29 is 18.7 Å². The number of benzene rings is 1. The Morgan fingerprint density at radius 2 is 1.81 bits per heavy atom. The molecule has 0 spiro atoms. The summed E-state index contributed by atoms with van der Waals surface area (Å²) in [5, 5.41) is 11.2. The quantitative estimate of drug-likeness (QED) is 0.295. The lowest BCUT2D eigenvalue weighted by molar-refractivity contribution is 0.0692. The summed E-state index contributed by atoms with van der Waals surface area (Å²) < 4.78 is 29.5. The second kappa shape index (κ2) is 6.80. The number of H-pyrrole nitrogens is 3. The largest absolute Gasteiger partial charge is 0.477 e. The standard InChI is InChI=1S/C23H18F2N4O2/c1-10(2)17-19(18-13-4-6-27-22(13)28-9-15(18)25)21(23(30)31)29-20(17)14-7-11(24)8-16-12(14)3-5-26-16/h3-10,26,29H,1-2H3,(H,27,28)(H,30,31). The molecule has 6 nitrogen and oxygen atoms in total. The molecule has 0 saturated carbocycles. The average molecular weight is 420 g/mol. The Kier molecular flexibility index (Phi) is 4.18. The molecule has 0 atom stereocenters. The number of fused-ring (bicyclic) bond motifs is 2. The maximum absolute atomic E-state index is 15.1. The van der Waals surface area contributed by atoms with Gasteiger partial charge in [0.2, 0.25) is 0 Å². The second-order valence-corrected chi connectivity index (χ2v) is 7.74. The van der Waals surface area contributed by atoms with Gasteiger partial charge in [0.1, 0.15) is 23.0 Å². The van der Waals surface area contributed by atoms with Crippen molar-refractivity contribution in [3.8, 4) is 22.4 Å². The molecule has 5 aromatic rings. The van der Waals surface area contributed by atoms with Crippen molar-refractivity contribution in [1.29, 1.82) is 0 Å². The number of rotatable bonds is 4. The Bertz CT molecular complexity index is 1480. The van der Waals surface area contributed by atoms with E-state index in [-0.39, 0.29) is 22.7 Å². The average Bonchev–Trinajstić information content (AvgIpc) is 3.44. The van der Waals surface area contributed by atoms with Crippen molar-refractivity contribution in [2.24, 2.45) is 0 Å². The molecular weight excluding hydrogens is 402 g/mol. The van der Waals surface area contributed by atoms with E-state index in [1.807, 2.05) is 13.8 Å². The number of carbonyl (C=O) groups is 1. The van der Waals surface area contributed by atoms with Crippen molar-refractivity contribution in [2.75, 3.05) is 0 Å². The van der Waals surface area contributed by atoms with Crippen molar-refractivity contribution in [1.82, 2.24) is 19.9 Å². The Morgan fingerprint density at radius 1 is 1.06 bits per heavy atom. The van der Waals surface area contributed by atoms with Gasteiger partial charge in [-0.25, -0.2) is 18.6 Å². The van der Waals surface area contributed by atoms with Gasteiger partial charge in [-0.15, -0.1) is 0 Å². The molecule has 0 unspecified atom stereocenters. The third-order valence-electron chi connectivity index (χ3n) is 5.52. The highest BCUT2D eigenvalue weighted by atomic mass is 19.1. The summed E-state index contributed by atoms with van der Waals surface area (Å²) in [7, 11) is 0. The lowest BCUT2D eigenvalue weighted by atomic mass is 9.89. The number of carboxylic acids is 1. The van der Waals surface area contributed by atoms with Crippen LogP contribution in [-0.2, 0) is 0 Å². The summed E-state index contributed by atoms with van der Waals surface area (Å²) in [5.41, 5.74) is 2.83. The zero-order chi connectivity index (χ0) is 21.9. The molecule has 4 N–H and O–H groups in total. The fourth-order valence-electron chi connectivity index (χ4n) is 4.30. The molecule has 8 heteroatoms. The van der Waals surface area contributed by atoms with Crippen LogP contribution >= 0.6 is 0 Å². The molecule has 0 amide bonds. The van der Waals surface area contributed by atoms with Gasteiger partial charge in [0.05, 0.1) is 11.9 Å². The van der Waals surface area contributed by atoms with E-state index in [1.165, 1.54) is 12.1 Å². The Hall–Kier alpha value is -3.94. The Balaban J connectivity index is 1.94. The second-order valence-electron chi connectivity index (χ2n) is 7.74. The van der Waals surface area contributed by atoms with Crippen LogP contribution in [-0.4, -0.2) is 31.0 Å². The molecule has 4 heterocycles. The number of nitrogens with zero attached hydrogens (tertiary/aromatic N) is 1. The van der Waals surface area contributed by atoms with E-state index >= 15 is 4.39 Å². The number of aromatic amines is 3. The van der Waals surface area contributed by atoms with Crippen LogP contribution in [0.4, 0.5) is 8.78 Å². The lowest BCUT2D eigenvalue weighted by Gasteiger charge is -2.14. The van der Waals surface area contributed by atoms with Gasteiger partial charge < -0.3 is 20.1 Å². The molecule has 0 saturated heterocycles. The van der Waals surface area contributed by atoms with E-state index in [0.717, 1.165) is 11.6 Å². The van der Waals surface area contributed by atoms with Crippen LogP contribution in [0.5, 0.6) is 0 Å². The van der Waals surface area contributed by atoms with Crippen LogP contribution in [0, 0.1) is 11.6 Å². The van der Waals surface area contributed by atoms with Crippen molar-refractivity contribution in [2.45, 2.75) is 19.8 Å². The van der Waals surface area contributed by atoms with Crippen LogP contribution in [0.2, 0.25) is 0 Å². The minimum absolute atomic E-state index is 0.150. The number of aromatic nitrogens is 4. The molecule has 0 bridgehead atoms. The van der Waals surface area contributed by atoms with Gasteiger partial charge in [0.25, 0.3) is 0 Å². The minimum Gasteiger partial charge on any atom is -0.477 e. The summed E-state index contributed by atoms with van der Waals surface area (Å²) in [6, 6.07) is 6.20. The predicted molar refractivity (Wildman–Crippen MR) is 114 cm³/mol. The van der Waals surface area contributed by atoms with E-state index in [2.05, 4.69) is 19.9 Å². The highest BCUT2D eigenvalue weighted by molar-refractivity contribution is 6.06. The van der Waals surface area contributed by atoms with Crippen LogP contribution in [0.15, 0.2) is 42.9 Å². The zero-order valence-corrected chi connectivity index (χ0v) is 16.7. The number of halogens is 2. The maximum atomic E-state index is 15.1. The van der Waals surface area contributed by atoms with Crippen molar-refractivity contribution in [3.05, 3.63) is 65.7 Å². The summed E-state index contributed by atoms with van der Waals surface area (Å²) >= 11 is 0. The summed E-state index contributed by atoms with van der Waals surface area (Å²) in [5.74, 6) is -2.51. The fourth-order valence-corrected chi connectivity index (χ4v) is 4.30. The molecule has 31 heavy (non-hydrogen) atoms. The number of nitrogens with one attached hydrogen (secondary N) is 3. The maximum Gasteiger partial charge on any atom is 0.352 e. The number of hydrogen-bond acceptors (Lipinski definition) is 2. The molecule has 5 rings (SSSR count). The molecule has 0 aliphatic heterocycles. The van der Waals surface area contributed by atoms with Crippen LogP contribution in [0.25, 0.3) is 44.3 Å². The molecule has 0 aliphatic rings. The van der Waals surface area contributed by atoms with Gasteiger partial charge in [0, 0.05) is 45.4 Å². The van der Waals surface area contributed by atoms with E-state index in [1.54, 1.807) is 24.5 Å². The molecule has 0 radical (unpaired) electrons. The third-order valence-corrected chi connectivity index (χ3v) is 5.52. The van der Waals surface area contributed by atoms with Gasteiger partial charge in [-0.05, 0) is 35.7 Å². The molecular formula is C23H18F2N4O2. The van der Waals surface area contributed by atoms with Crippen LogP contribution in [0.1, 0.15) is 35.8 Å². The Labute approximate surface area is 175 Å². The fraction of sp³-hybridized carbons (Fsp3) is 0.130. The van der Waals surface area contributed by atoms with E-state index in [9.17, 15) is 14.3 Å². The summed E-state index contributed by atoms with van der Waals surface area (Å²) in [6.07, 6.45) is 4.39. The van der Waals surface area contributed by atoms with Crippen LogP contribution in [0.3, 0.4) is 0 Å². The highest BCUT2D eigenvalue weighted by Crippen LogP contribution is 2.44. The summed E-state index contributed by atoms with van der Waals surface area (Å²) in [6.45, 7) is 3.78. The van der Waals surface area contributed by atoms with Gasteiger partial charge in [0.15, 0.2) is 0 Å². The number of hydrogen-bond donors (Lipinski definition) is 4. The summed E-state index contributed by atoms with van der Waals surface area (Å²) in [4.78, 5) is 25.1. The SMILES string of the molecule is CC(C)c1c(-c2cc(F)cc3[nH]ccc23)[nH]c(C(=O)O)c1-c1c(F)cnc2[nH]ccc12. The van der Waals surface area contributed by atoms with E-state index in [0.29, 0.717) is 33.4 Å². The first-order valence-electron chi connectivity index (χ1n) is 9.75. The Morgan fingerprint density at radius 3 is 2.55 bits per heavy atom. The van der Waals surface area contributed by atoms with Gasteiger partial charge >= 0.3 is 5.97 Å². The number of aromatic carboxylic acids is 1. The van der Waals surface area contributed by atoms with E-state index < -0.39 is 17.6 Å². The first kappa shape index (κ1) is 19.0. The highest BCUT2D eigenvalue weighted by Gasteiger charge is 2.29. The lowest BCUT2D eigenvalue weighted by Crippen LogP contribution is -2.02. The smallest absolute Gasteiger partial charge is 0.352 e. The van der Waals surface area contributed by atoms with E-state index in [4.69, 9.17) is 0 Å². The zero-order valence-electron chi connectivity index (χ0n) is 16.7. The molecule has 1 aromatic carbocycles. The van der Waals surface area contributed by atoms with Gasteiger partial charge in [-0.3, -0.25) is 0 Å². The van der Waals surface area contributed by atoms with Gasteiger partial charge in [-0.2, -0.15) is 0 Å². The first-order valence-corrected chi connectivity index (χ1v) is 9.75. The molecule has 4 aromatic heterocycles. The number of carboxylic acid groups (broad SMARTS) is 1. The minimum atomic E-state index is -1.23. The third kappa shape index (κ3) is 2.83. The monoisotopic (exact) mass is 420 g/mol. The van der Waals surface area contributed by atoms with Crippen molar-refractivity contribution >= 4 is 27.9 Å². The van der Waals surface area contributed by atoms with Crippen molar-refractivity contribution in [3.63, 3.8) is 0 Å². The molecule has 156 valence electrons. The first-order chi connectivity index (χ1) is 14.9.